The molecule has 0 bridgehead atoms. The molecule has 1 atom stereocenters. The molecule has 1 heterocycles. The lowest BCUT2D eigenvalue weighted by Crippen LogP contribution is -2.54. The smallest absolute Gasteiger partial charge is 0.242 e. The van der Waals surface area contributed by atoms with Gasteiger partial charge in [-0.25, -0.2) is 0 Å². The van der Waals surface area contributed by atoms with Gasteiger partial charge in [0.05, 0.1) is 13.2 Å². The molecule has 12 heavy (non-hydrogen) atoms. The maximum Gasteiger partial charge on any atom is 0.242 e. The number of hydrogen-bond acceptors (Lipinski definition) is 4. The standard InChI is InChI=1S/C7H14N2O3/c8-7(1-4-12-5-7)6(11)9-2-3-10/h10H,1-5,8H2,(H,9,11). The fraction of sp³-hybridized carbons (Fsp3) is 0.857. The van der Waals surface area contributed by atoms with Crippen LogP contribution in [0.15, 0.2) is 0 Å². The number of rotatable bonds is 3. The van der Waals surface area contributed by atoms with Crippen molar-refractivity contribution in [2.45, 2.75) is 12.0 Å². The Bertz CT molecular complexity index is 166. The van der Waals surface area contributed by atoms with Gasteiger partial charge in [0, 0.05) is 13.2 Å². The first kappa shape index (κ1) is 9.44. The summed E-state index contributed by atoms with van der Waals surface area (Å²) in [5.41, 5.74) is 4.84. The summed E-state index contributed by atoms with van der Waals surface area (Å²) in [6.45, 7) is 0.980. The molecule has 0 aromatic carbocycles. The third-order valence-corrected chi connectivity index (χ3v) is 1.90. The van der Waals surface area contributed by atoms with Gasteiger partial charge >= 0.3 is 0 Å². The molecular weight excluding hydrogens is 160 g/mol. The van der Waals surface area contributed by atoms with E-state index in [-0.39, 0.29) is 25.7 Å². The lowest BCUT2D eigenvalue weighted by atomic mass is 9.99. The van der Waals surface area contributed by atoms with Crippen LogP contribution in [0.25, 0.3) is 0 Å². The molecular formula is C7H14N2O3. The molecule has 0 aromatic heterocycles. The summed E-state index contributed by atoms with van der Waals surface area (Å²) in [6.07, 6.45) is 0.546. The predicted molar refractivity (Wildman–Crippen MR) is 42.4 cm³/mol. The molecule has 1 rings (SSSR count). The fourth-order valence-corrected chi connectivity index (χ4v) is 1.11. The van der Waals surface area contributed by atoms with Gasteiger partial charge in [-0.3, -0.25) is 4.79 Å². The van der Waals surface area contributed by atoms with Gasteiger partial charge in [0.25, 0.3) is 0 Å². The zero-order valence-corrected chi connectivity index (χ0v) is 6.88. The number of hydrogen-bond donors (Lipinski definition) is 3. The van der Waals surface area contributed by atoms with E-state index in [1.165, 1.54) is 0 Å². The van der Waals surface area contributed by atoms with Gasteiger partial charge in [-0.2, -0.15) is 0 Å². The van der Waals surface area contributed by atoms with E-state index < -0.39 is 5.54 Å². The number of aliphatic hydroxyl groups is 1. The molecule has 1 aliphatic rings. The Labute approximate surface area is 70.9 Å². The highest BCUT2D eigenvalue weighted by Crippen LogP contribution is 2.14. The Morgan fingerprint density at radius 1 is 1.75 bits per heavy atom. The van der Waals surface area contributed by atoms with Crippen molar-refractivity contribution in [3.63, 3.8) is 0 Å². The number of carbonyl (C=O) groups excluding carboxylic acids is 1. The van der Waals surface area contributed by atoms with Crippen molar-refractivity contribution in [2.24, 2.45) is 5.73 Å². The molecule has 0 aliphatic carbocycles. The second-order valence-corrected chi connectivity index (χ2v) is 2.94. The summed E-state index contributed by atoms with van der Waals surface area (Å²) in [5.74, 6) is -0.242. The molecule has 1 saturated heterocycles. The van der Waals surface area contributed by atoms with Crippen LogP contribution in [0.3, 0.4) is 0 Å². The molecule has 0 radical (unpaired) electrons. The number of nitrogens with two attached hydrogens (primary N) is 1. The van der Waals surface area contributed by atoms with Gasteiger partial charge in [0.2, 0.25) is 5.91 Å². The number of ether oxygens (including phenoxy) is 1. The van der Waals surface area contributed by atoms with Crippen molar-refractivity contribution >= 4 is 5.91 Å². The normalized spacial score (nSPS) is 28.8. The fourth-order valence-electron chi connectivity index (χ4n) is 1.11. The molecule has 1 amide bonds. The van der Waals surface area contributed by atoms with Crippen LogP contribution in [0.5, 0.6) is 0 Å². The highest BCUT2D eigenvalue weighted by atomic mass is 16.5. The van der Waals surface area contributed by atoms with Crippen molar-refractivity contribution < 1.29 is 14.6 Å². The summed E-state index contributed by atoms with van der Waals surface area (Å²) in [7, 11) is 0. The van der Waals surface area contributed by atoms with Crippen LogP contribution in [0.1, 0.15) is 6.42 Å². The Morgan fingerprint density at radius 3 is 3.00 bits per heavy atom. The maximum absolute atomic E-state index is 11.3. The summed E-state index contributed by atoms with van der Waals surface area (Å²) in [4.78, 5) is 11.3. The van der Waals surface area contributed by atoms with Crippen LogP contribution >= 0.6 is 0 Å². The molecule has 5 nitrogen and oxygen atoms in total. The van der Waals surface area contributed by atoms with E-state index in [2.05, 4.69) is 5.32 Å². The van der Waals surface area contributed by atoms with Crippen LogP contribution in [0, 0.1) is 0 Å². The quantitative estimate of drug-likeness (QED) is 0.472. The van der Waals surface area contributed by atoms with Gasteiger partial charge in [-0.1, -0.05) is 0 Å². The zero-order valence-electron chi connectivity index (χ0n) is 6.88. The molecule has 1 fully saturated rings. The molecule has 0 spiro atoms. The molecule has 0 saturated carbocycles. The van der Waals surface area contributed by atoms with E-state index in [1.54, 1.807) is 0 Å². The van der Waals surface area contributed by atoms with Crippen LogP contribution in [0.4, 0.5) is 0 Å². The monoisotopic (exact) mass is 174 g/mol. The molecule has 1 unspecified atom stereocenters. The van der Waals surface area contributed by atoms with Crippen molar-refractivity contribution in [1.82, 2.24) is 5.32 Å². The van der Waals surface area contributed by atoms with Gasteiger partial charge in [0.1, 0.15) is 5.54 Å². The van der Waals surface area contributed by atoms with Crippen molar-refractivity contribution in [1.29, 1.82) is 0 Å². The first-order valence-electron chi connectivity index (χ1n) is 3.95. The molecule has 1 aliphatic heterocycles. The number of carbonyl (C=O) groups is 1. The van der Waals surface area contributed by atoms with Gasteiger partial charge < -0.3 is 20.9 Å². The Balaban J connectivity index is 2.39. The van der Waals surface area contributed by atoms with E-state index in [4.69, 9.17) is 15.6 Å². The first-order chi connectivity index (χ1) is 5.69. The number of nitrogens with one attached hydrogen (secondary N) is 1. The van der Waals surface area contributed by atoms with E-state index in [0.29, 0.717) is 13.0 Å². The van der Waals surface area contributed by atoms with E-state index in [0.717, 1.165) is 0 Å². The second-order valence-electron chi connectivity index (χ2n) is 2.94. The minimum absolute atomic E-state index is 0.0668. The second kappa shape index (κ2) is 3.84. The Morgan fingerprint density at radius 2 is 2.50 bits per heavy atom. The van der Waals surface area contributed by atoms with Crippen LogP contribution < -0.4 is 11.1 Å². The van der Waals surface area contributed by atoms with Crippen LogP contribution in [0.2, 0.25) is 0 Å². The van der Waals surface area contributed by atoms with E-state index in [1.807, 2.05) is 0 Å². The third-order valence-electron chi connectivity index (χ3n) is 1.90. The summed E-state index contributed by atoms with van der Waals surface area (Å²) in [5, 5.41) is 11.0. The third kappa shape index (κ3) is 1.94. The molecule has 5 heteroatoms. The lowest BCUT2D eigenvalue weighted by Gasteiger charge is -2.19. The summed E-state index contributed by atoms with van der Waals surface area (Å²) in [6, 6.07) is 0. The van der Waals surface area contributed by atoms with Gasteiger partial charge in [-0.15, -0.1) is 0 Å². The van der Waals surface area contributed by atoms with Gasteiger partial charge in [-0.05, 0) is 6.42 Å². The topological polar surface area (TPSA) is 84.6 Å². The zero-order chi connectivity index (χ0) is 9.03. The maximum atomic E-state index is 11.3. The largest absolute Gasteiger partial charge is 0.395 e. The Kier molecular flexibility index (Phi) is 3.02. The minimum atomic E-state index is -0.880. The molecule has 70 valence electrons. The van der Waals surface area contributed by atoms with Crippen molar-refractivity contribution in [3.8, 4) is 0 Å². The Hall–Kier alpha value is -0.650. The molecule has 0 aromatic rings. The first-order valence-corrected chi connectivity index (χ1v) is 3.95. The van der Waals surface area contributed by atoms with Crippen molar-refractivity contribution in [2.75, 3.05) is 26.4 Å². The minimum Gasteiger partial charge on any atom is -0.395 e. The summed E-state index contributed by atoms with van der Waals surface area (Å²) >= 11 is 0. The lowest BCUT2D eigenvalue weighted by molar-refractivity contribution is -0.126. The van der Waals surface area contributed by atoms with Crippen LogP contribution in [-0.4, -0.2) is 42.9 Å². The SMILES string of the molecule is NC1(C(=O)NCCO)CCOC1. The highest BCUT2D eigenvalue weighted by molar-refractivity contribution is 5.86. The average molecular weight is 174 g/mol. The number of amides is 1. The van der Waals surface area contributed by atoms with E-state index in [9.17, 15) is 4.79 Å². The van der Waals surface area contributed by atoms with Gasteiger partial charge in [0.15, 0.2) is 0 Å². The summed E-state index contributed by atoms with van der Waals surface area (Å²) < 4.78 is 5.01. The van der Waals surface area contributed by atoms with E-state index >= 15 is 0 Å². The molecule has 4 N–H and O–H groups in total. The van der Waals surface area contributed by atoms with Crippen molar-refractivity contribution in [3.05, 3.63) is 0 Å². The average Bonchev–Trinajstić information content (AvgIpc) is 2.49. The van der Waals surface area contributed by atoms with Crippen LogP contribution in [-0.2, 0) is 9.53 Å². The predicted octanol–water partition coefficient (Wildman–Crippen LogP) is -1.79. The highest BCUT2D eigenvalue weighted by Gasteiger charge is 2.37. The number of aliphatic hydroxyl groups excluding tert-OH is 1.